The second-order valence-electron chi connectivity index (χ2n) is 9.99. The van der Waals surface area contributed by atoms with E-state index >= 15 is 0 Å². The third-order valence-corrected chi connectivity index (χ3v) is 7.36. The number of nitrogens with zero attached hydrogens (tertiary/aromatic N) is 2. The van der Waals surface area contributed by atoms with Crippen molar-refractivity contribution in [3.63, 3.8) is 0 Å². The number of rotatable bonds is 10. The molecule has 2 atom stereocenters. The van der Waals surface area contributed by atoms with Gasteiger partial charge in [0, 0.05) is 46.1 Å². The van der Waals surface area contributed by atoms with Gasteiger partial charge >= 0.3 is 0 Å². The van der Waals surface area contributed by atoms with E-state index in [1.807, 2.05) is 78.9 Å². The number of likely N-dealkylation sites (N-methyl/N-ethyl adjacent to an activating group) is 3. The molecule has 0 aliphatic rings. The number of hydrogen-bond acceptors (Lipinski definition) is 4. The number of carbonyl (C=O) groups excluding carboxylic acids is 3. The fourth-order valence-electron chi connectivity index (χ4n) is 4.95. The van der Waals surface area contributed by atoms with Crippen LogP contribution in [0.25, 0.3) is 10.8 Å². The summed E-state index contributed by atoms with van der Waals surface area (Å²) in [6.07, 6.45) is 0.639. The first-order valence-electron chi connectivity index (χ1n) is 13.4. The van der Waals surface area contributed by atoms with Crippen LogP contribution in [0.1, 0.15) is 27.0 Å². The Hall–Kier alpha value is -4.49. The maximum absolute atomic E-state index is 14.2. The second kappa shape index (κ2) is 13.0. The first kappa shape index (κ1) is 28.5. The van der Waals surface area contributed by atoms with E-state index in [1.54, 1.807) is 39.3 Å². The standard InChI is InChI=1S/C33H36N4O3/c1-35-31(38)29(20-23-10-5-4-6-11-23)36(2)33(40)30(21-24-16-17-26-13-7-8-14-27(26)18-24)37(3)32(39)28-15-9-12-25(19-28)22-34/h4-19,29-30H,20-22,34H2,1-3H3,(H,35,38)/t29-,30+/m1/s1. The predicted molar refractivity (Wildman–Crippen MR) is 159 cm³/mol. The largest absolute Gasteiger partial charge is 0.357 e. The minimum Gasteiger partial charge on any atom is -0.357 e. The maximum Gasteiger partial charge on any atom is 0.254 e. The van der Waals surface area contributed by atoms with Gasteiger partial charge in [0.15, 0.2) is 0 Å². The fraction of sp³-hybridized carbons (Fsp3) is 0.242. The van der Waals surface area contributed by atoms with E-state index in [2.05, 4.69) is 5.32 Å². The van der Waals surface area contributed by atoms with Crippen LogP contribution in [0.15, 0.2) is 97.1 Å². The van der Waals surface area contributed by atoms with Crippen LogP contribution in [0.4, 0.5) is 0 Å². The molecule has 206 valence electrons. The van der Waals surface area contributed by atoms with Gasteiger partial charge in [0.2, 0.25) is 11.8 Å². The van der Waals surface area contributed by atoms with Gasteiger partial charge in [0.1, 0.15) is 12.1 Å². The van der Waals surface area contributed by atoms with Gasteiger partial charge in [-0.3, -0.25) is 14.4 Å². The van der Waals surface area contributed by atoms with Gasteiger partial charge in [-0.25, -0.2) is 0 Å². The number of hydrogen-bond donors (Lipinski definition) is 2. The third-order valence-electron chi connectivity index (χ3n) is 7.36. The number of fused-ring (bicyclic) bond motifs is 1. The van der Waals surface area contributed by atoms with Crippen molar-refractivity contribution in [1.29, 1.82) is 0 Å². The van der Waals surface area contributed by atoms with Crippen LogP contribution in [0.3, 0.4) is 0 Å². The van der Waals surface area contributed by atoms with E-state index < -0.39 is 12.1 Å². The molecule has 0 saturated heterocycles. The van der Waals surface area contributed by atoms with E-state index in [0.717, 1.165) is 27.5 Å². The van der Waals surface area contributed by atoms with Crippen molar-refractivity contribution in [2.75, 3.05) is 21.1 Å². The van der Waals surface area contributed by atoms with Crippen LogP contribution in [0, 0.1) is 0 Å². The first-order chi connectivity index (χ1) is 19.3. The zero-order valence-corrected chi connectivity index (χ0v) is 23.2. The van der Waals surface area contributed by atoms with Gasteiger partial charge in [0.05, 0.1) is 0 Å². The molecule has 4 rings (SSSR count). The lowest BCUT2D eigenvalue weighted by Gasteiger charge is -2.34. The van der Waals surface area contributed by atoms with Crippen LogP contribution in [0.2, 0.25) is 0 Å². The average Bonchev–Trinajstić information content (AvgIpc) is 3.01. The average molecular weight is 537 g/mol. The van der Waals surface area contributed by atoms with Crippen LogP contribution in [-0.2, 0) is 29.0 Å². The van der Waals surface area contributed by atoms with Gasteiger partial charge < -0.3 is 20.9 Å². The number of benzene rings is 4. The molecule has 0 radical (unpaired) electrons. The topological polar surface area (TPSA) is 95.7 Å². The molecule has 7 heteroatoms. The molecule has 0 heterocycles. The van der Waals surface area contributed by atoms with E-state index in [-0.39, 0.29) is 17.7 Å². The number of nitrogens with two attached hydrogens (primary N) is 1. The molecule has 0 spiro atoms. The lowest BCUT2D eigenvalue weighted by atomic mass is 9.98. The van der Waals surface area contributed by atoms with Gasteiger partial charge in [-0.1, -0.05) is 84.9 Å². The van der Waals surface area contributed by atoms with Gasteiger partial charge in [0.25, 0.3) is 5.91 Å². The van der Waals surface area contributed by atoms with Crippen LogP contribution in [0.5, 0.6) is 0 Å². The first-order valence-corrected chi connectivity index (χ1v) is 13.4. The summed E-state index contributed by atoms with van der Waals surface area (Å²) in [5.41, 5.74) is 8.94. The van der Waals surface area contributed by atoms with Gasteiger partial charge in [-0.2, -0.15) is 0 Å². The van der Waals surface area contributed by atoms with E-state index in [4.69, 9.17) is 5.73 Å². The van der Waals surface area contributed by atoms with Gasteiger partial charge in [-0.15, -0.1) is 0 Å². The zero-order chi connectivity index (χ0) is 28.6. The quantitative estimate of drug-likeness (QED) is 0.322. The lowest BCUT2D eigenvalue weighted by Crippen LogP contribution is -2.55. The molecule has 0 unspecified atom stereocenters. The van der Waals surface area contributed by atoms with Crippen LogP contribution in [-0.4, -0.2) is 60.7 Å². The highest BCUT2D eigenvalue weighted by Crippen LogP contribution is 2.21. The summed E-state index contributed by atoms with van der Waals surface area (Å²) >= 11 is 0. The Bertz CT molecular complexity index is 1490. The summed E-state index contributed by atoms with van der Waals surface area (Å²) in [7, 11) is 4.83. The lowest BCUT2D eigenvalue weighted by molar-refractivity contribution is -0.142. The Kier molecular flexibility index (Phi) is 9.30. The minimum absolute atomic E-state index is 0.270. The summed E-state index contributed by atoms with van der Waals surface area (Å²) < 4.78 is 0. The molecule has 3 N–H and O–H groups in total. The maximum atomic E-state index is 14.2. The summed E-state index contributed by atoms with van der Waals surface area (Å²) in [5.74, 6) is -0.875. The minimum atomic E-state index is -0.844. The molecule has 4 aromatic rings. The smallest absolute Gasteiger partial charge is 0.254 e. The SMILES string of the molecule is CNC(=O)[C@@H](Cc1ccccc1)N(C)C(=O)[C@H](Cc1ccc2ccccc2c1)N(C)C(=O)c1cccc(CN)c1. The monoisotopic (exact) mass is 536 g/mol. The van der Waals surface area contributed by atoms with Crippen molar-refractivity contribution < 1.29 is 14.4 Å². The molecule has 0 fully saturated rings. The second-order valence-corrected chi connectivity index (χ2v) is 9.99. The normalized spacial score (nSPS) is 12.4. The number of carbonyl (C=O) groups is 3. The van der Waals surface area contributed by atoms with Crippen molar-refractivity contribution in [3.05, 3.63) is 119 Å². The van der Waals surface area contributed by atoms with Crippen LogP contribution < -0.4 is 11.1 Å². The van der Waals surface area contributed by atoms with E-state index in [9.17, 15) is 14.4 Å². The molecule has 0 aromatic heterocycles. The Balaban J connectivity index is 1.69. The summed E-state index contributed by atoms with van der Waals surface area (Å²) in [6.45, 7) is 0.306. The Morgan fingerprint density at radius 3 is 2.05 bits per heavy atom. The van der Waals surface area contributed by atoms with Gasteiger partial charge in [-0.05, 0) is 39.6 Å². The zero-order valence-electron chi connectivity index (χ0n) is 23.2. The van der Waals surface area contributed by atoms with E-state index in [0.29, 0.717) is 24.9 Å². The van der Waals surface area contributed by atoms with Crippen molar-refractivity contribution in [3.8, 4) is 0 Å². The molecule has 3 amide bonds. The summed E-state index contributed by atoms with van der Waals surface area (Å²) in [4.78, 5) is 43.8. The molecule has 0 aliphatic heterocycles. The Labute approximate surface area is 235 Å². The third kappa shape index (κ3) is 6.55. The molecule has 0 saturated carbocycles. The summed E-state index contributed by atoms with van der Waals surface area (Å²) in [6, 6.07) is 29.2. The molecule has 0 aliphatic carbocycles. The van der Waals surface area contributed by atoms with Crippen LogP contribution >= 0.6 is 0 Å². The highest BCUT2D eigenvalue weighted by Gasteiger charge is 2.35. The summed E-state index contributed by atoms with van der Waals surface area (Å²) in [5, 5.41) is 4.84. The fourth-order valence-corrected chi connectivity index (χ4v) is 4.95. The Morgan fingerprint density at radius 2 is 1.35 bits per heavy atom. The number of amides is 3. The van der Waals surface area contributed by atoms with Crippen molar-refractivity contribution >= 4 is 28.5 Å². The van der Waals surface area contributed by atoms with Crippen molar-refractivity contribution in [2.24, 2.45) is 5.73 Å². The Morgan fingerprint density at radius 1 is 0.700 bits per heavy atom. The highest BCUT2D eigenvalue weighted by molar-refractivity contribution is 5.98. The molecular formula is C33H36N4O3. The molecule has 40 heavy (non-hydrogen) atoms. The van der Waals surface area contributed by atoms with Crippen molar-refractivity contribution in [2.45, 2.75) is 31.5 Å². The highest BCUT2D eigenvalue weighted by atomic mass is 16.2. The molecule has 7 nitrogen and oxygen atoms in total. The molecule has 4 aromatic carbocycles. The number of nitrogens with one attached hydrogen (secondary N) is 1. The van der Waals surface area contributed by atoms with E-state index in [1.165, 1.54) is 9.80 Å². The predicted octanol–water partition coefficient (Wildman–Crippen LogP) is 3.80. The van der Waals surface area contributed by atoms with Crippen molar-refractivity contribution in [1.82, 2.24) is 15.1 Å². The molecular weight excluding hydrogens is 500 g/mol. The molecule has 0 bridgehead atoms.